The van der Waals surface area contributed by atoms with Gasteiger partial charge in [0.05, 0.1) is 5.69 Å². The van der Waals surface area contributed by atoms with E-state index in [0.29, 0.717) is 12.1 Å². The number of hydrogen-bond acceptors (Lipinski definition) is 5. The molecular weight excluding hydrogens is 288 g/mol. The molecule has 0 bridgehead atoms. The minimum atomic E-state index is 0.371. The fourth-order valence-corrected chi connectivity index (χ4v) is 3.12. The van der Waals surface area contributed by atoms with Crippen LogP contribution in [0, 0.1) is 6.92 Å². The van der Waals surface area contributed by atoms with E-state index in [-0.39, 0.29) is 0 Å². The standard InChI is InChI=1S/C18H20N4O/c1-12-9-14(15-5-3-4-6-20-15)17-16(10-12)21-18(23-17)22-8-7-19-11-13(22)2/h3-6,9-10,13,19H,7-8,11H2,1-2H3/t13-/m0/s1. The van der Waals surface area contributed by atoms with Gasteiger partial charge in [-0.1, -0.05) is 6.07 Å². The van der Waals surface area contributed by atoms with Crippen molar-refractivity contribution in [2.75, 3.05) is 24.5 Å². The molecule has 1 N–H and O–H groups in total. The van der Waals surface area contributed by atoms with Crippen molar-refractivity contribution in [2.24, 2.45) is 0 Å². The Bertz CT molecular complexity index is 828. The molecule has 4 rings (SSSR count). The summed E-state index contributed by atoms with van der Waals surface area (Å²) in [5, 5.41) is 3.39. The van der Waals surface area contributed by atoms with Crippen LogP contribution in [0.15, 0.2) is 40.9 Å². The SMILES string of the molecule is Cc1cc(-c2ccccn2)c2oc(N3CCNC[C@@H]3C)nc2c1. The number of nitrogens with zero attached hydrogens (tertiary/aromatic N) is 3. The fraction of sp³-hybridized carbons (Fsp3) is 0.333. The lowest BCUT2D eigenvalue weighted by Gasteiger charge is -2.32. The summed E-state index contributed by atoms with van der Waals surface area (Å²) in [6, 6.07) is 11.2. The van der Waals surface area contributed by atoms with Crippen molar-refractivity contribution < 1.29 is 4.42 Å². The van der Waals surface area contributed by atoms with E-state index in [2.05, 4.69) is 41.2 Å². The van der Waals surface area contributed by atoms with Crippen LogP contribution in [0.25, 0.3) is 22.4 Å². The quantitative estimate of drug-likeness (QED) is 0.789. The summed E-state index contributed by atoms with van der Waals surface area (Å²) >= 11 is 0. The highest BCUT2D eigenvalue weighted by Crippen LogP contribution is 2.32. The molecule has 1 aromatic carbocycles. The van der Waals surface area contributed by atoms with E-state index in [9.17, 15) is 0 Å². The third-order valence-electron chi connectivity index (χ3n) is 4.31. The highest BCUT2D eigenvalue weighted by molar-refractivity contribution is 5.90. The van der Waals surface area contributed by atoms with Crippen molar-refractivity contribution >= 4 is 17.1 Å². The average molecular weight is 308 g/mol. The van der Waals surface area contributed by atoms with E-state index >= 15 is 0 Å². The number of piperazine rings is 1. The molecule has 0 saturated carbocycles. The molecule has 1 fully saturated rings. The number of pyridine rings is 1. The van der Waals surface area contributed by atoms with Gasteiger partial charge in [-0.15, -0.1) is 0 Å². The molecule has 1 aliphatic rings. The van der Waals surface area contributed by atoms with Gasteiger partial charge in [-0.25, -0.2) is 0 Å². The molecule has 118 valence electrons. The second-order valence-electron chi connectivity index (χ2n) is 6.12. The van der Waals surface area contributed by atoms with E-state index in [1.807, 2.05) is 18.2 Å². The van der Waals surface area contributed by atoms with Crippen molar-refractivity contribution in [1.29, 1.82) is 0 Å². The maximum atomic E-state index is 6.17. The third-order valence-corrected chi connectivity index (χ3v) is 4.31. The van der Waals surface area contributed by atoms with Crippen molar-refractivity contribution in [3.63, 3.8) is 0 Å². The Balaban J connectivity index is 1.85. The summed E-state index contributed by atoms with van der Waals surface area (Å²) < 4.78 is 6.17. The molecule has 5 heteroatoms. The number of anilines is 1. The Hall–Kier alpha value is -2.40. The molecule has 0 unspecified atom stereocenters. The van der Waals surface area contributed by atoms with Crippen LogP contribution in [-0.4, -0.2) is 35.6 Å². The topological polar surface area (TPSA) is 54.2 Å². The molecule has 0 spiro atoms. The predicted octanol–water partition coefficient (Wildman–Crippen LogP) is 3.00. The molecule has 1 aliphatic heterocycles. The van der Waals surface area contributed by atoms with Crippen LogP contribution in [0.5, 0.6) is 0 Å². The van der Waals surface area contributed by atoms with Crippen molar-refractivity contribution in [3.8, 4) is 11.3 Å². The minimum absolute atomic E-state index is 0.371. The summed E-state index contributed by atoms with van der Waals surface area (Å²) in [4.78, 5) is 11.4. The Labute approximate surface area is 135 Å². The highest BCUT2D eigenvalue weighted by Gasteiger charge is 2.24. The molecular formula is C18H20N4O. The predicted molar refractivity (Wildman–Crippen MR) is 91.7 cm³/mol. The summed E-state index contributed by atoms with van der Waals surface area (Å²) in [6.45, 7) is 7.07. The first-order chi connectivity index (χ1) is 11.2. The summed E-state index contributed by atoms with van der Waals surface area (Å²) in [5.41, 5.74) is 4.78. The van der Waals surface area contributed by atoms with Gasteiger partial charge in [0.15, 0.2) is 5.58 Å². The maximum absolute atomic E-state index is 6.17. The first-order valence-corrected chi connectivity index (χ1v) is 8.02. The Morgan fingerprint density at radius 2 is 2.22 bits per heavy atom. The highest BCUT2D eigenvalue weighted by atomic mass is 16.4. The number of oxazole rings is 1. The molecule has 23 heavy (non-hydrogen) atoms. The second-order valence-corrected chi connectivity index (χ2v) is 6.12. The van der Waals surface area contributed by atoms with E-state index < -0.39 is 0 Å². The van der Waals surface area contributed by atoms with Crippen LogP contribution in [0.1, 0.15) is 12.5 Å². The zero-order valence-corrected chi connectivity index (χ0v) is 13.4. The maximum Gasteiger partial charge on any atom is 0.298 e. The van der Waals surface area contributed by atoms with Gasteiger partial charge >= 0.3 is 0 Å². The van der Waals surface area contributed by atoms with Crippen LogP contribution < -0.4 is 10.2 Å². The number of nitrogens with one attached hydrogen (secondary N) is 1. The third kappa shape index (κ3) is 2.57. The fourth-order valence-electron chi connectivity index (χ4n) is 3.12. The van der Waals surface area contributed by atoms with E-state index in [0.717, 1.165) is 47.6 Å². The number of hydrogen-bond donors (Lipinski definition) is 1. The van der Waals surface area contributed by atoms with Gasteiger partial charge in [-0.2, -0.15) is 4.98 Å². The van der Waals surface area contributed by atoms with Gasteiger partial charge in [0.2, 0.25) is 0 Å². The lowest BCUT2D eigenvalue weighted by Crippen LogP contribution is -2.50. The minimum Gasteiger partial charge on any atom is -0.423 e. The number of aryl methyl sites for hydroxylation is 1. The van der Waals surface area contributed by atoms with Crippen LogP contribution in [0.2, 0.25) is 0 Å². The molecule has 0 radical (unpaired) electrons. The van der Waals surface area contributed by atoms with Crippen molar-refractivity contribution in [3.05, 3.63) is 42.1 Å². The van der Waals surface area contributed by atoms with Crippen molar-refractivity contribution in [2.45, 2.75) is 19.9 Å². The molecule has 5 nitrogen and oxygen atoms in total. The molecule has 2 aromatic heterocycles. The number of rotatable bonds is 2. The zero-order chi connectivity index (χ0) is 15.8. The first kappa shape index (κ1) is 14.2. The monoisotopic (exact) mass is 308 g/mol. The molecule has 0 amide bonds. The molecule has 3 heterocycles. The zero-order valence-electron chi connectivity index (χ0n) is 13.4. The average Bonchev–Trinajstić information content (AvgIpc) is 2.99. The van der Waals surface area contributed by atoms with Crippen LogP contribution in [0.4, 0.5) is 6.01 Å². The van der Waals surface area contributed by atoms with Gasteiger partial charge in [0, 0.05) is 37.4 Å². The first-order valence-electron chi connectivity index (χ1n) is 8.02. The van der Waals surface area contributed by atoms with Gasteiger partial charge in [-0.3, -0.25) is 4.98 Å². The smallest absolute Gasteiger partial charge is 0.298 e. The number of benzene rings is 1. The summed E-state index contributed by atoms with van der Waals surface area (Å²) in [5.74, 6) is 0. The van der Waals surface area contributed by atoms with Crippen LogP contribution >= 0.6 is 0 Å². The van der Waals surface area contributed by atoms with Gasteiger partial charge in [-0.05, 0) is 43.7 Å². The lowest BCUT2D eigenvalue weighted by atomic mass is 10.1. The molecule has 1 saturated heterocycles. The van der Waals surface area contributed by atoms with E-state index in [4.69, 9.17) is 9.40 Å². The van der Waals surface area contributed by atoms with E-state index in [1.165, 1.54) is 0 Å². The van der Waals surface area contributed by atoms with Crippen LogP contribution in [-0.2, 0) is 0 Å². The molecule has 3 aromatic rings. The van der Waals surface area contributed by atoms with Gasteiger partial charge < -0.3 is 14.6 Å². The van der Waals surface area contributed by atoms with E-state index in [1.54, 1.807) is 6.20 Å². The summed E-state index contributed by atoms with van der Waals surface area (Å²) in [7, 11) is 0. The largest absolute Gasteiger partial charge is 0.423 e. The molecule has 0 aliphatic carbocycles. The Kier molecular flexibility index (Phi) is 3.50. The number of fused-ring (bicyclic) bond motifs is 1. The van der Waals surface area contributed by atoms with Gasteiger partial charge in [0.25, 0.3) is 6.01 Å². The normalized spacial score (nSPS) is 18.5. The number of aromatic nitrogens is 2. The Morgan fingerprint density at radius 1 is 1.30 bits per heavy atom. The van der Waals surface area contributed by atoms with Gasteiger partial charge in [0.1, 0.15) is 5.52 Å². The Morgan fingerprint density at radius 3 is 3.00 bits per heavy atom. The molecule has 1 atom stereocenters. The van der Waals surface area contributed by atoms with Crippen molar-refractivity contribution in [1.82, 2.24) is 15.3 Å². The lowest BCUT2D eigenvalue weighted by molar-refractivity contribution is 0.456. The van der Waals surface area contributed by atoms with Crippen LogP contribution in [0.3, 0.4) is 0 Å². The second kappa shape index (κ2) is 5.66. The summed E-state index contributed by atoms with van der Waals surface area (Å²) in [6.07, 6.45) is 1.80.